The molecule has 2 N–H and O–H groups in total. The van der Waals surface area contributed by atoms with Gasteiger partial charge in [-0.3, -0.25) is 4.99 Å². The highest BCUT2D eigenvalue weighted by atomic mass is 16.5. The number of hydrogen-bond acceptors (Lipinski definition) is 4. The van der Waals surface area contributed by atoms with E-state index in [-0.39, 0.29) is 0 Å². The topological polar surface area (TPSA) is 72.7 Å². The normalized spacial score (nSPS) is 17.4. The second-order valence-corrected chi connectivity index (χ2v) is 7.14. The van der Waals surface area contributed by atoms with E-state index in [0.717, 1.165) is 82.4 Å². The zero-order chi connectivity index (χ0) is 19.6. The van der Waals surface area contributed by atoms with Gasteiger partial charge < -0.3 is 24.7 Å². The van der Waals surface area contributed by atoms with Crippen LogP contribution in [0.1, 0.15) is 31.5 Å². The molecule has 0 amide bonds. The predicted octanol–water partition coefficient (Wildman–Crippen LogP) is 2.49. The Morgan fingerprint density at radius 1 is 1.29 bits per heavy atom. The molecule has 154 valence electrons. The molecule has 1 atom stereocenters. The number of hydrogen-bond donors (Lipinski definition) is 2. The number of para-hydroxylation sites is 2. The van der Waals surface area contributed by atoms with Crippen LogP contribution < -0.4 is 10.6 Å². The molecule has 3 rings (SSSR count). The number of nitrogens with zero attached hydrogens (tertiary/aromatic N) is 3. The van der Waals surface area contributed by atoms with Crippen LogP contribution in [0, 0.1) is 6.92 Å². The first-order chi connectivity index (χ1) is 13.8. The lowest BCUT2D eigenvalue weighted by molar-refractivity contribution is 0.0168. The van der Waals surface area contributed by atoms with Gasteiger partial charge in [-0.25, -0.2) is 4.98 Å². The number of rotatable bonds is 10. The van der Waals surface area contributed by atoms with Crippen LogP contribution in [-0.4, -0.2) is 61.6 Å². The van der Waals surface area contributed by atoms with Crippen LogP contribution in [0.25, 0.3) is 11.0 Å². The first-order valence-electron chi connectivity index (χ1n) is 10.3. The number of ether oxygens (including phenoxy) is 2. The Kier molecular flexibility index (Phi) is 8.11. The number of imidazole rings is 1. The van der Waals surface area contributed by atoms with E-state index in [9.17, 15) is 0 Å². The zero-order valence-electron chi connectivity index (χ0n) is 17.1. The lowest BCUT2D eigenvalue weighted by atomic mass is 10.2. The molecule has 1 fully saturated rings. The van der Waals surface area contributed by atoms with E-state index >= 15 is 0 Å². The zero-order valence-corrected chi connectivity index (χ0v) is 17.1. The largest absolute Gasteiger partial charge is 0.379 e. The standard InChI is InChI=1S/C21H33N5O2/c1-17-25-19-9-3-4-10-20(19)26(17)13-6-11-23-21(22-2)24-12-7-14-27-16-18-8-5-15-28-18/h3-4,9-10,18H,5-8,11-16H2,1-2H3,(H2,22,23,24). The van der Waals surface area contributed by atoms with Crippen LogP contribution in [-0.2, 0) is 16.0 Å². The number of aryl methyl sites for hydroxylation is 2. The van der Waals surface area contributed by atoms with Crippen molar-refractivity contribution in [1.82, 2.24) is 20.2 Å². The Balaban J connectivity index is 1.28. The monoisotopic (exact) mass is 387 g/mol. The van der Waals surface area contributed by atoms with Crippen LogP contribution in [0.5, 0.6) is 0 Å². The maximum absolute atomic E-state index is 5.69. The average molecular weight is 388 g/mol. The van der Waals surface area contributed by atoms with Crippen molar-refractivity contribution in [3.8, 4) is 0 Å². The first kappa shape index (κ1) is 20.6. The molecule has 2 heterocycles. The van der Waals surface area contributed by atoms with Crippen LogP contribution in [0.3, 0.4) is 0 Å². The van der Waals surface area contributed by atoms with E-state index in [0.29, 0.717) is 6.10 Å². The third-order valence-corrected chi connectivity index (χ3v) is 5.01. The Hall–Kier alpha value is -2.12. The molecule has 28 heavy (non-hydrogen) atoms. The molecular weight excluding hydrogens is 354 g/mol. The van der Waals surface area contributed by atoms with Crippen molar-refractivity contribution in [2.75, 3.05) is 40.0 Å². The van der Waals surface area contributed by atoms with Crippen molar-refractivity contribution in [2.45, 2.75) is 45.3 Å². The average Bonchev–Trinajstić information content (AvgIpc) is 3.33. The minimum atomic E-state index is 0.304. The summed E-state index contributed by atoms with van der Waals surface area (Å²) in [4.78, 5) is 8.91. The van der Waals surface area contributed by atoms with Crippen LogP contribution >= 0.6 is 0 Å². The summed E-state index contributed by atoms with van der Waals surface area (Å²) in [5.74, 6) is 1.90. The molecule has 1 aliphatic heterocycles. The van der Waals surface area contributed by atoms with Crippen molar-refractivity contribution >= 4 is 17.0 Å². The van der Waals surface area contributed by atoms with Crippen molar-refractivity contribution in [3.05, 3.63) is 30.1 Å². The highest BCUT2D eigenvalue weighted by molar-refractivity contribution is 5.79. The Bertz CT molecular complexity index is 752. The summed E-state index contributed by atoms with van der Waals surface area (Å²) in [5.41, 5.74) is 2.26. The van der Waals surface area contributed by atoms with Crippen molar-refractivity contribution in [2.24, 2.45) is 4.99 Å². The summed E-state index contributed by atoms with van der Waals surface area (Å²) in [6.07, 6.45) is 4.55. The lowest BCUT2D eigenvalue weighted by Crippen LogP contribution is -2.38. The summed E-state index contributed by atoms with van der Waals surface area (Å²) < 4.78 is 13.5. The van der Waals surface area contributed by atoms with Gasteiger partial charge in [0.15, 0.2) is 5.96 Å². The highest BCUT2D eigenvalue weighted by Gasteiger charge is 2.14. The molecule has 0 radical (unpaired) electrons. The summed E-state index contributed by atoms with van der Waals surface area (Å²) >= 11 is 0. The van der Waals surface area contributed by atoms with E-state index in [1.54, 1.807) is 7.05 Å². The fourth-order valence-electron chi connectivity index (χ4n) is 3.51. The van der Waals surface area contributed by atoms with Gasteiger partial charge in [-0.15, -0.1) is 0 Å². The Morgan fingerprint density at radius 2 is 2.11 bits per heavy atom. The number of guanidine groups is 1. The summed E-state index contributed by atoms with van der Waals surface area (Å²) in [6.45, 7) is 7.06. The van der Waals surface area contributed by atoms with Crippen molar-refractivity contribution < 1.29 is 9.47 Å². The third-order valence-electron chi connectivity index (χ3n) is 5.01. The number of fused-ring (bicyclic) bond motifs is 1. The van der Waals surface area contributed by atoms with Crippen molar-refractivity contribution in [3.63, 3.8) is 0 Å². The molecule has 1 aliphatic rings. The minimum Gasteiger partial charge on any atom is -0.379 e. The fourth-order valence-corrected chi connectivity index (χ4v) is 3.51. The van der Waals surface area contributed by atoms with Gasteiger partial charge in [-0.05, 0) is 44.7 Å². The predicted molar refractivity (Wildman–Crippen MR) is 113 cm³/mol. The molecule has 1 unspecified atom stereocenters. The number of nitrogens with one attached hydrogen (secondary N) is 2. The van der Waals surface area contributed by atoms with E-state index in [1.807, 2.05) is 6.07 Å². The van der Waals surface area contributed by atoms with Gasteiger partial charge in [0.1, 0.15) is 5.82 Å². The lowest BCUT2D eigenvalue weighted by Gasteiger charge is -2.13. The number of benzene rings is 1. The smallest absolute Gasteiger partial charge is 0.190 e. The van der Waals surface area contributed by atoms with E-state index in [1.165, 1.54) is 5.52 Å². The molecule has 0 bridgehead atoms. The molecule has 7 nitrogen and oxygen atoms in total. The quantitative estimate of drug-likeness (QED) is 0.372. The molecule has 1 aromatic heterocycles. The molecule has 0 aliphatic carbocycles. The van der Waals surface area contributed by atoms with Gasteiger partial charge in [0.05, 0.1) is 23.7 Å². The number of aliphatic imine (C=N–C) groups is 1. The maximum Gasteiger partial charge on any atom is 0.190 e. The van der Waals surface area contributed by atoms with Crippen LogP contribution in [0.15, 0.2) is 29.3 Å². The van der Waals surface area contributed by atoms with Gasteiger partial charge in [0.2, 0.25) is 0 Å². The molecule has 0 saturated carbocycles. The van der Waals surface area contributed by atoms with Gasteiger partial charge >= 0.3 is 0 Å². The Labute approximate surface area is 167 Å². The maximum atomic E-state index is 5.69. The second kappa shape index (κ2) is 11.0. The van der Waals surface area contributed by atoms with Crippen LogP contribution in [0.4, 0.5) is 0 Å². The SMILES string of the molecule is CN=C(NCCCOCC1CCCO1)NCCCn1c(C)nc2ccccc21. The van der Waals surface area contributed by atoms with Crippen LogP contribution in [0.2, 0.25) is 0 Å². The first-order valence-corrected chi connectivity index (χ1v) is 10.3. The summed E-state index contributed by atoms with van der Waals surface area (Å²) in [6, 6.07) is 8.29. The van der Waals surface area contributed by atoms with Crippen molar-refractivity contribution in [1.29, 1.82) is 0 Å². The van der Waals surface area contributed by atoms with E-state index in [4.69, 9.17) is 9.47 Å². The molecule has 2 aromatic rings. The third kappa shape index (κ3) is 5.94. The molecule has 0 spiro atoms. The Morgan fingerprint density at radius 3 is 2.89 bits per heavy atom. The highest BCUT2D eigenvalue weighted by Crippen LogP contribution is 2.15. The second-order valence-electron chi connectivity index (χ2n) is 7.14. The molecule has 1 aromatic carbocycles. The summed E-state index contributed by atoms with van der Waals surface area (Å²) in [7, 11) is 1.80. The minimum absolute atomic E-state index is 0.304. The molecule has 1 saturated heterocycles. The van der Waals surface area contributed by atoms with Gasteiger partial charge in [0.25, 0.3) is 0 Å². The van der Waals surface area contributed by atoms with E-state index in [2.05, 4.69) is 50.3 Å². The van der Waals surface area contributed by atoms with Gasteiger partial charge in [0, 0.05) is 39.9 Å². The van der Waals surface area contributed by atoms with Gasteiger partial charge in [-0.2, -0.15) is 0 Å². The fraction of sp³-hybridized carbons (Fsp3) is 0.619. The summed E-state index contributed by atoms with van der Waals surface area (Å²) in [5, 5.41) is 6.72. The molecular formula is C21H33N5O2. The van der Waals surface area contributed by atoms with Gasteiger partial charge in [-0.1, -0.05) is 12.1 Å². The van der Waals surface area contributed by atoms with E-state index < -0.39 is 0 Å². The molecule has 7 heteroatoms. The number of aromatic nitrogens is 2.